The molecule has 1 aliphatic rings. The lowest BCUT2D eigenvalue weighted by atomic mass is 10.0. The number of hydrogen-bond acceptors (Lipinski definition) is 4. The Morgan fingerprint density at radius 2 is 1.55 bits per heavy atom. The average Bonchev–Trinajstić information content (AvgIpc) is 3.14. The fraction of sp³-hybridized carbons (Fsp3) is 0.179. The molecule has 0 radical (unpaired) electrons. The summed E-state index contributed by atoms with van der Waals surface area (Å²) < 4.78 is 0. The molecule has 1 saturated heterocycles. The number of nitrogens with zero attached hydrogens (tertiary/aromatic N) is 3. The normalized spacial score (nSPS) is 17.7. The van der Waals surface area contributed by atoms with Gasteiger partial charge in [-0.3, -0.25) is 9.69 Å². The van der Waals surface area contributed by atoms with Gasteiger partial charge in [0.15, 0.2) is 5.17 Å². The Bertz CT molecular complexity index is 1370. The smallest absolute Gasteiger partial charge is 0.242 e. The molecule has 1 atom stereocenters. The summed E-state index contributed by atoms with van der Waals surface area (Å²) in [5.74, 6) is 0.119. The lowest BCUT2D eigenvalue weighted by molar-refractivity contribution is -0.126. The molecule has 0 aromatic heterocycles. The predicted octanol–water partition coefficient (Wildman–Crippen LogP) is 6.63. The van der Waals surface area contributed by atoms with Gasteiger partial charge in [0, 0.05) is 5.56 Å². The number of rotatable bonds is 6. The van der Waals surface area contributed by atoms with Crippen molar-refractivity contribution in [1.82, 2.24) is 4.90 Å². The van der Waals surface area contributed by atoms with E-state index in [1.165, 1.54) is 22.5 Å². The van der Waals surface area contributed by atoms with E-state index in [0.29, 0.717) is 11.7 Å². The predicted molar refractivity (Wildman–Crippen MR) is 140 cm³/mol. The van der Waals surface area contributed by atoms with Crippen LogP contribution in [-0.4, -0.2) is 27.4 Å². The molecule has 0 spiro atoms. The number of amidine groups is 1. The molecule has 0 aliphatic carbocycles. The van der Waals surface area contributed by atoms with E-state index < -0.39 is 0 Å². The molecule has 0 N–H and O–H groups in total. The highest BCUT2D eigenvalue weighted by Crippen LogP contribution is 2.33. The Morgan fingerprint density at radius 1 is 0.879 bits per heavy atom. The van der Waals surface area contributed by atoms with Gasteiger partial charge in [-0.05, 0) is 33.5 Å². The van der Waals surface area contributed by atoms with Crippen LogP contribution in [0, 0.1) is 0 Å². The summed E-state index contributed by atoms with van der Waals surface area (Å²) in [6.45, 7) is 2.60. The number of carbonyl (C=O) groups excluding carboxylic acids is 1. The second-order valence-corrected chi connectivity index (χ2v) is 9.32. The molecule has 1 fully saturated rings. The Balaban J connectivity index is 1.46. The molecule has 0 bridgehead atoms. The first-order valence-corrected chi connectivity index (χ1v) is 12.2. The van der Waals surface area contributed by atoms with Crippen molar-refractivity contribution in [2.24, 2.45) is 10.2 Å². The Morgan fingerprint density at radius 3 is 2.33 bits per heavy atom. The first-order chi connectivity index (χ1) is 16.2. The van der Waals surface area contributed by atoms with Crippen molar-refractivity contribution in [3.05, 3.63) is 96.1 Å². The summed E-state index contributed by atoms with van der Waals surface area (Å²) in [4.78, 5) is 15.0. The van der Waals surface area contributed by atoms with E-state index in [9.17, 15) is 4.79 Å². The van der Waals surface area contributed by atoms with Crippen LogP contribution in [0.5, 0.6) is 0 Å². The van der Waals surface area contributed by atoms with E-state index in [1.807, 2.05) is 42.5 Å². The van der Waals surface area contributed by atoms with Gasteiger partial charge in [0.25, 0.3) is 0 Å². The summed E-state index contributed by atoms with van der Waals surface area (Å²) in [5, 5.41) is 14.1. The molecule has 4 nitrogen and oxygen atoms in total. The highest BCUT2D eigenvalue weighted by atomic mass is 32.2. The van der Waals surface area contributed by atoms with E-state index >= 15 is 0 Å². The molecule has 5 heteroatoms. The third-order valence-corrected chi connectivity index (χ3v) is 7.18. The molecule has 33 heavy (non-hydrogen) atoms. The van der Waals surface area contributed by atoms with Gasteiger partial charge < -0.3 is 0 Å². The molecule has 1 amide bonds. The second-order valence-electron chi connectivity index (χ2n) is 8.15. The first-order valence-electron chi connectivity index (χ1n) is 11.3. The number of hydrogen-bond donors (Lipinski definition) is 0. The lowest BCUT2D eigenvalue weighted by Gasteiger charge is -2.17. The highest BCUT2D eigenvalue weighted by molar-refractivity contribution is 8.15. The topological polar surface area (TPSA) is 45.0 Å². The molecule has 4 aromatic carbocycles. The van der Waals surface area contributed by atoms with E-state index in [1.54, 1.807) is 11.1 Å². The minimum Gasteiger partial charge on any atom is -0.284 e. The quantitative estimate of drug-likeness (QED) is 0.244. The number of carbonyl (C=O) groups is 1. The van der Waals surface area contributed by atoms with Crippen molar-refractivity contribution < 1.29 is 4.79 Å². The van der Waals surface area contributed by atoms with Gasteiger partial charge in [0.1, 0.15) is 0 Å². The summed E-state index contributed by atoms with van der Waals surface area (Å²) >= 11 is 1.53. The maximum absolute atomic E-state index is 13.2. The van der Waals surface area contributed by atoms with E-state index in [2.05, 4.69) is 59.6 Å². The third-order valence-electron chi connectivity index (χ3n) is 5.94. The molecule has 1 unspecified atom stereocenters. The van der Waals surface area contributed by atoms with Crippen molar-refractivity contribution in [2.45, 2.75) is 31.6 Å². The fourth-order valence-corrected chi connectivity index (χ4v) is 5.49. The summed E-state index contributed by atoms with van der Waals surface area (Å²) in [6.07, 6.45) is 3.57. The maximum Gasteiger partial charge on any atom is 0.242 e. The van der Waals surface area contributed by atoms with Gasteiger partial charge in [-0.1, -0.05) is 110 Å². The van der Waals surface area contributed by atoms with Crippen molar-refractivity contribution in [2.75, 3.05) is 0 Å². The van der Waals surface area contributed by atoms with Gasteiger partial charge in [0.05, 0.1) is 18.0 Å². The molecule has 1 heterocycles. The van der Waals surface area contributed by atoms with Crippen LogP contribution in [0.4, 0.5) is 0 Å². The van der Waals surface area contributed by atoms with Gasteiger partial charge in [-0.25, -0.2) is 0 Å². The molecule has 4 aromatic rings. The largest absolute Gasteiger partial charge is 0.284 e. The maximum atomic E-state index is 13.2. The van der Waals surface area contributed by atoms with Crippen LogP contribution in [-0.2, 0) is 11.3 Å². The highest BCUT2D eigenvalue weighted by Gasteiger charge is 2.37. The van der Waals surface area contributed by atoms with Crippen LogP contribution in [0.1, 0.15) is 30.9 Å². The number of thioether (sulfide) groups is 1. The van der Waals surface area contributed by atoms with Crippen LogP contribution in [0.2, 0.25) is 0 Å². The number of amides is 1. The Labute approximate surface area is 198 Å². The Kier molecular flexibility index (Phi) is 6.22. The van der Waals surface area contributed by atoms with E-state index in [-0.39, 0.29) is 11.2 Å². The standard InChI is InChI=1S/C28H25N3OS/c1-2-9-26-27(32)31(19-23-15-8-13-21-11-4-6-17-25(21)23)28(33-26)30-29-18-22-14-7-12-20-10-3-5-16-24(20)22/h3-8,10-18,26H,2,9,19H2,1H3. The zero-order chi connectivity index (χ0) is 22.6. The van der Waals surface area contributed by atoms with Crippen molar-refractivity contribution in [1.29, 1.82) is 0 Å². The van der Waals surface area contributed by atoms with E-state index in [0.717, 1.165) is 34.7 Å². The first kappa shape index (κ1) is 21.4. The zero-order valence-corrected chi connectivity index (χ0v) is 19.3. The molecule has 5 rings (SSSR count). The summed E-state index contributed by atoms with van der Waals surface area (Å²) in [5.41, 5.74) is 2.13. The van der Waals surface area contributed by atoms with Crippen molar-refractivity contribution in [3.8, 4) is 0 Å². The van der Waals surface area contributed by atoms with Gasteiger partial charge in [0.2, 0.25) is 5.91 Å². The van der Waals surface area contributed by atoms with Crippen LogP contribution in [0.3, 0.4) is 0 Å². The number of fused-ring (bicyclic) bond motifs is 2. The summed E-state index contributed by atoms with van der Waals surface area (Å²) in [6, 6.07) is 28.9. The third kappa shape index (κ3) is 4.41. The van der Waals surface area contributed by atoms with Crippen LogP contribution < -0.4 is 0 Å². The van der Waals surface area contributed by atoms with Gasteiger partial charge in [-0.15, -0.1) is 5.10 Å². The molecule has 164 valence electrons. The summed E-state index contributed by atoms with van der Waals surface area (Å²) in [7, 11) is 0. The second kappa shape index (κ2) is 9.59. The lowest BCUT2D eigenvalue weighted by Crippen LogP contribution is -2.31. The zero-order valence-electron chi connectivity index (χ0n) is 18.5. The molecule has 0 saturated carbocycles. The minimum absolute atomic E-state index is 0.100. The van der Waals surface area contributed by atoms with Crippen LogP contribution >= 0.6 is 11.8 Å². The van der Waals surface area contributed by atoms with Crippen LogP contribution in [0.25, 0.3) is 21.5 Å². The van der Waals surface area contributed by atoms with Crippen LogP contribution in [0.15, 0.2) is 95.1 Å². The average molecular weight is 452 g/mol. The van der Waals surface area contributed by atoms with Gasteiger partial charge >= 0.3 is 0 Å². The molecular formula is C28H25N3OS. The monoisotopic (exact) mass is 451 g/mol. The molecular weight excluding hydrogens is 426 g/mol. The van der Waals surface area contributed by atoms with Gasteiger partial charge in [-0.2, -0.15) is 5.10 Å². The van der Waals surface area contributed by atoms with E-state index in [4.69, 9.17) is 0 Å². The number of benzene rings is 4. The van der Waals surface area contributed by atoms with Crippen molar-refractivity contribution in [3.63, 3.8) is 0 Å². The van der Waals surface area contributed by atoms with Crippen molar-refractivity contribution >= 4 is 50.6 Å². The fourth-order valence-electron chi connectivity index (χ4n) is 4.28. The minimum atomic E-state index is -0.100. The SMILES string of the molecule is CCCC1SC(=NN=Cc2cccc3ccccc23)N(Cc2cccc3ccccc23)C1=O. The molecule has 1 aliphatic heterocycles. The Hall–Kier alpha value is -3.44.